The summed E-state index contributed by atoms with van der Waals surface area (Å²) in [5, 5.41) is 8.95. The van der Waals surface area contributed by atoms with Gasteiger partial charge in [-0.05, 0) is 62.3 Å². The Labute approximate surface area is 162 Å². The van der Waals surface area contributed by atoms with E-state index in [0.29, 0.717) is 48.9 Å². The number of ether oxygens (including phenoxy) is 1. The molecule has 5 rings (SSSR count). The number of aliphatic carboxylic acids is 1. The van der Waals surface area contributed by atoms with Gasteiger partial charge in [0.2, 0.25) is 5.91 Å². The molecule has 1 amide bonds. The van der Waals surface area contributed by atoms with Crippen LogP contribution in [-0.2, 0) is 14.3 Å². The van der Waals surface area contributed by atoms with Crippen molar-refractivity contribution in [2.75, 3.05) is 39.8 Å². The second-order valence-corrected chi connectivity index (χ2v) is 10.7. The lowest BCUT2D eigenvalue weighted by Crippen LogP contribution is -2.62. The SMILES string of the molecule is CN(CC(=O)O)CC1CN(C(=O)C23CC4CC(C)(CC(C)(C4)C2)C3)CCO1. The molecule has 0 aromatic carbocycles. The van der Waals surface area contributed by atoms with E-state index in [0.717, 1.165) is 19.3 Å². The summed E-state index contributed by atoms with van der Waals surface area (Å²) in [4.78, 5) is 28.4. The molecule has 152 valence electrons. The van der Waals surface area contributed by atoms with Crippen LogP contribution in [0, 0.1) is 22.2 Å². The van der Waals surface area contributed by atoms with E-state index in [9.17, 15) is 9.59 Å². The minimum Gasteiger partial charge on any atom is -0.480 e. The van der Waals surface area contributed by atoms with Gasteiger partial charge in [0.25, 0.3) is 0 Å². The molecule has 6 heteroatoms. The van der Waals surface area contributed by atoms with Crippen LogP contribution < -0.4 is 0 Å². The number of nitrogens with zero attached hydrogens (tertiary/aromatic N) is 2. The lowest BCUT2D eigenvalue weighted by atomic mass is 9.40. The number of carboxylic acid groups (broad SMARTS) is 1. The second-order valence-electron chi connectivity index (χ2n) is 10.7. The molecule has 5 fully saturated rings. The minimum absolute atomic E-state index is 0.00384. The molecule has 0 radical (unpaired) electrons. The minimum atomic E-state index is -0.837. The molecule has 5 aliphatic rings. The summed E-state index contributed by atoms with van der Waals surface area (Å²) in [6, 6.07) is 0. The van der Waals surface area contributed by atoms with Crippen molar-refractivity contribution >= 4 is 11.9 Å². The number of carbonyl (C=O) groups is 2. The Morgan fingerprint density at radius 3 is 2.41 bits per heavy atom. The van der Waals surface area contributed by atoms with Gasteiger partial charge in [0, 0.05) is 19.6 Å². The summed E-state index contributed by atoms with van der Waals surface area (Å²) < 4.78 is 5.84. The summed E-state index contributed by atoms with van der Waals surface area (Å²) in [7, 11) is 1.79. The highest BCUT2D eigenvalue weighted by Crippen LogP contribution is 2.69. The van der Waals surface area contributed by atoms with Crippen molar-refractivity contribution in [3.63, 3.8) is 0 Å². The fourth-order valence-electron chi connectivity index (χ4n) is 7.68. The molecule has 1 saturated heterocycles. The fraction of sp³-hybridized carbons (Fsp3) is 0.905. The maximum atomic E-state index is 13.7. The maximum Gasteiger partial charge on any atom is 0.317 e. The molecule has 27 heavy (non-hydrogen) atoms. The van der Waals surface area contributed by atoms with E-state index in [2.05, 4.69) is 13.8 Å². The van der Waals surface area contributed by atoms with Crippen molar-refractivity contribution in [2.24, 2.45) is 22.2 Å². The number of morpholine rings is 1. The molecule has 1 N–H and O–H groups in total. The molecule has 4 bridgehead atoms. The second kappa shape index (κ2) is 6.45. The Hall–Kier alpha value is -1.14. The molecule has 6 nitrogen and oxygen atoms in total. The summed E-state index contributed by atoms with van der Waals surface area (Å²) in [5.41, 5.74) is 0.492. The summed E-state index contributed by atoms with van der Waals surface area (Å²) in [5.74, 6) is 0.216. The molecule has 1 aliphatic heterocycles. The standard InChI is InChI=1S/C21H34N2O4/c1-19-6-15-7-20(2,12-19)14-21(8-15,13-19)18(26)23-4-5-27-16(10-23)9-22(3)11-17(24)25/h15-16H,4-14H2,1-3H3,(H,24,25). The maximum absolute atomic E-state index is 13.7. The van der Waals surface area contributed by atoms with Gasteiger partial charge in [-0.1, -0.05) is 13.8 Å². The molecule has 0 aromatic rings. The first kappa shape index (κ1) is 19.2. The van der Waals surface area contributed by atoms with Crippen LogP contribution in [0.2, 0.25) is 0 Å². The number of likely N-dealkylation sites (N-methyl/N-ethyl adjacent to an activating group) is 1. The summed E-state index contributed by atoms with van der Waals surface area (Å²) >= 11 is 0. The van der Waals surface area contributed by atoms with E-state index < -0.39 is 5.97 Å². The molecule has 1 heterocycles. The molecule has 0 spiro atoms. The molecule has 4 aliphatic carbocycles. The van der Waals surface area contributed by atoms with Crippen molar-refractivity contribution in [1.82, 2.24) is 9.80 Å². The molecule has 0 aromatic heterocycles. The van der Waals surface area contributed by atoms with E-state index in [4.69, 9.17) is 9.84 Å². The van der Waals surface area contributed by atoms with Gasteiger partial charge in [-0.3, -0.25) is 14.5 Å². The third kappa shape index (κ3) is 3.63. The first-order chi connectivity index (χ1) is 12.6. The highest BCUT2D eigenvalue weighted by Gasteiger charge is 2.63. The van der Waals surface area contributed by atoms with Crippen molar-refractivity contribution in [2.45, 2.75) is 58.5 Å². The summed E-state index contributed by atoms with van der Waals surface area (Å²) in [6.07, 6.45) is 6.92. The number of hydrogen-bond donors (Lipinski definition) is 1. The Kier molecular flexibility index (Phi) is 4.58. The van der Waals surface area contributed by atoms with Crippen LogP contribution in [0.1, 0.15) is 52.4 Å². The average molecular weight is 379 g/mol. The highest BCUT2D eigenvalue weighted by atomic mass is 16.5. The number of rotatable bonds is 5. The first-order valence-corrected chi connectivity index (χ1v) is 10.4. The van der Waals surface area contributed by atoms with Crippen LogP contribution in [0.5, 0.6) is 0 Å². The predicted octanol–water partition coefficient (Wildman–Crippen LogP) is 2.23. The van der Waals surface area contributed by atoms with Crippen LogP contribution in [-0.4, -0.2) is 72.7 Å². The Morgan fingerprint density at radius 1 is 1.15 bits per heavy atom. The number of carbonyl (C=O) groups excluding carboxylic acids is 1. The van der Waals surface area contributed by atoms with Crippen LogP contribution >= 0.6 is 0 Å². The quantitative estimate of drug-likeness (QED) is 0.794. The van der Waals surface area contributed by atoms with Crippen LogP contribution in [0.15, 0.2) is 0 Å². The van der Waals surface area contributed by atoms with Gasteiger partial charge < -0.3 is 14.7 Å². The van der Waals surface area contributed by atoms with Gasteiger partial charge in [0.15, 0.2) is 0 Å². The zero-order chi connectivity index (χ0) is 19.4. The molecular formula is C21H34N2O4. The van der Waals surface area contributed by atoms with Crippen LogP contribution in [0.3, 0.4) is 0 Å². The molecule has 4 saturated carbocycles. The highest BCUT2D eigenvalue weighted by molar-refractivity contribution is 5.83. The zero-order valence-corrected chi connectivity index (χ0v) is 17.0. The predicted molar refractivity (Wildman–Crippen MR) is 101 cm³/mol. The summed E-state index contributed by atoms with van der Waals surface area (Å²) in [6.45, 7) is 7.14. The third-order valence-corrected chi connectivity index (χ3v) is 7.43. The van der Waals surface area contributed by atoms with Gasteiger partial charge in [0.1, 0.15) is 0 Å². The molecular weight excluding hydrogens is 344 g/mol. The third-order valence-electron chi connectivity index (χ3n) is 7.43. The van der Waals surface area contributed by atoms with Crippen molar-refractivity contribution in [1.29, 1.82) is 0 Å². The van der Waals surface area contributed by atoms with Crippen LogP contribution in [0.4, 0.5) is 0 Å². The monoisotopic (exact) mass is 378 g/mol. The Bertz CT molecular complexity index is 618. The normalized spacial score (nSPS) is 43.3. The lowest BCUT2D eigenvalue weighted by Gasteiger charge is -2.65. The average Bonchev–Trinajstić information content (AvgIpc) is 2.50. The molecule has 3 atom stereocenters. The smallest absolute Gasteiger partial charge is 0.317 e. The van der Waals surface area contributed by atoms with Gasteiger partial charge in [-0.15, -0.1) is 0 Å². The lowest BCUT2D eigenvalue weighted by molar-refractivity contribution is -0.184. The van der Waals surface area contributed by atoms with Gasteiger partial charge in [-0.2, -0.15) is 0 Å². The van der Waals surface area contributed by atoms with E-state index in [1.54, 1.807) is 11.9 Å². The van der Waals surface area contributed by atoms with Crippen LogP contribution in [0.25, 0.3) is 0 Å². The van der Waals surface area contributed by atoms with Crippen molar-refractivity contribution in [3.05, 3.63) is 0 Å². The number of amides is 1. The fourth-order valence-corrected chi connectivity index (χ4v) is 7.68. The molecule has 3 unspecified atom stereocenters. The van der Waals surface area contributed by atoms with E-state index >= 15 is 0 Å². The zero-order valence-electron chi connectivity index (χ0n) is 17.0. The largest absolute Gasteiger partial charge is 0.480 e. The first-order valence-electron chi connectivity index (χ1n) is 10.4. The number of carboxylic acids is 1. The Morgan fingerprint density at radius 2 is 1.81 bits per heavy atom. The van der Waals surface area contributed by atoms with E-state index in [1.165, 1.54) is 19.3 Å². The van der Waals surface area contributed by atoms with Gasteiger partial charge in [-0.25, -0.2) is 0 Å². The van der Waals surface area contributed by atoms with Gasteiger partial charge in [0.05, 0.1) is 24.7 Å². The topological polar surface area (TPSA) is 70.1 Å². The Balaban J connectivity index is 1.45. The van der Waals surface area contributed by atoms with Gasteiger partial charge >= 0.3 is 5.97 Å². The van der Waals surface area contributed by atoms with Crippen molar-refractivity contribution in [3.8, 4) is 0 Å². The van der Waals surface area contributed by atoms with E-state index in [-0.39, 0.29) is 18.1 Å². The van der Waals surface area contributed by atoms with Crippen molar-refractivity contribution < 1.29 is 19.4 Å². The van der Waals surface area contributed by atoms with E-state index in [1.807, 2.05) is 4.90 Å². The number of hydrogen-bond acceptors (Lipinski definition) is 4.